The van der Waals surface area contributed by atoms with E-state index in [4.69, 9.17) is 0 Å². The lowest BCUT2D eigenvalue weighted by Crippen LogP contribution is -2.23. The Morgan fingerprint density at radius 3 is 2.45 bits per heavy atom. The van der Waals surface area contributed by atoms with E-state index in [-0.39, 0.29) is 5.56 Å². The topological polar surface area (TPSA) is 34.0 Å². The molecule has 0 bridgehead atoms. The number of aromatic nitrogens is 1. The van der Waals surface area contributed by atoms with Crippen LogP contribution in [0.25, 0.3) is 10.9 Å². The van der Waals surface area contributed by atoms with Gasteiger partial charge in [0.15, 0.2) is 0 Å². The summed E-state index contributed by atoms with van der Waals surface area (Å²) in [6.07, 6.45) is 0. The van der Waals surface area contributed by atoms with E-state index in [2.05, 4.69) is 5.32 Å². The van der Waals surface area contributed by atoms with Crippen molar-refractivity contribution in [3.05, 3.63) is 77.1 Å². The van der Waals surface area contributed by atoms with Gasteiger partial charge in [0.2, 0.25) is 0 Å². The maximum Gasteiger partial charge on any atom is 0.251 e. The summed E-state index contributed by atoms with van der Waals surface area (Å²) in [5, 5.41) is 4.41. The van der Waals surface area contributed by atoms with Gasteiger partial charge >= 0.3 is 0 Å². The van der Waals surface area contributed by atoms with E-state index in [1.807, 2.05) is 65.2 Å². The predicted molar refractivity (Wildman–Crippen MR) is 83.1 cm³/mol. The molecule has 0 spiro atoms. The van der Waals surface area contributed by atoms with Crippen LogP contribution in [0.15, 0.2) is 71.5 Å². The summed E-state index contributed by atoms with van der Waals surface area (Å²) < 4.78 is 1.81. The molecule has 1 aromatic heterocycles. The lowest BCUT2D eigenvalue weighted by Gasteiger charge is -2.11. The van der Waals surface area contributed by atoms with E-state index in [1.165, 1.54) is 0 Å². The summed E-state index contributed by atoms with van der Waals surface area (Å²) in [6.45, 7) is 1.37. The van der Waals surface area contributed by atoms with Gasteiger partial charge in [-0.05, 0) is 29.7 Å². The van der Waals surface area contributed by atoms with Crippen LogP contribution < -0.4 is 10.9 Å². The Morgan fingerprint density at radius 2 is 1.60 bits per heavy atom. The number of fused-ring (bicyclic) bond motifs is 1. The minimum absolute atomic E-state index is 0.0403. The number of pyridine rings is 1. The summed E-state index contributed by atoms with van der Waals surface area (Å²) in [4.78, 5) is 12.0. The lowest BCUT2D eigenvalue weighted by molar-refractivity contribution is 0.726. The summed E-state index contributed by atoms with van der Waals surface area (Å²) in [7, 11) is 0. The quantitative estimate of drug-likeness (QED) is 0.785. The number of benzene rings is 2. The van der Waals surface area contributed by atoms with Crippen molar-refractivity contribution in [1.82, 2.24) is 4.57 Å². The van der Waals surface area contributed by atoms with Crippen LogP contribution in [0.3, 0.4) is 0 Å². The second kappa shape index (κ2) is 5.61. The molecule has 0 aliphatic heterocycles. The molecule has 0 unspecified atom stereocenters. The smallest absolute Gasteiger partial charge is 0.251 e. The van der Waals surface area contributed by atoms with Gasteiger partial charge in [0.1, 0.15) is 0 Å². The van der Waals surface area contributed by atoms with Crippen molar-refractivity contribution in [2.75, 3.05) is 11.9 Å². The number of anilines is 1. The lowest BCUT2D eigenvalue weighted by atomic mass is 10.2. The molecular formula is C17H16N2O. The van der Waals surface area contributed by atoms with E-state index in [0.29, 0.717) is 6.54 Å². The van der Waals surface area contributed by atoms with Gasteiger partial charge in [-0.1, -0.05) is 36.4 Å². The van der Waals surface area contributed by atoms with Crippen molar-refractivity contribution >= 4 is 16.6 Å². The van der Waals surface area contributed by atoms with Crippen LogP contribution >= 0.6 is 0 Å². The monoisotopic (exact) mass is 264 g/mol. The molecule has 2 aromatic carbocycles. The molecule has 0 fully saturated rings. The van der Waals surface area contributed by atoms with Gasteiger partial charge in [-0.3, -0.25) is 4.79 Å². The zero-order valence-corrected chi connectivity index (χ0v) is 11.1. The average Bonchev–Trinajstić information content (AvgIpc) is 2.50. The second-order valence-corrected chi connectivity index (χ2v) is 4.67. The Kier molecular flexibility index (Phi) is 3.50. The van der Waals surface area contributed by atoms with E-state index in [0.717, 1.165) is 23.1 Å². The van der Waals surface area contributed by atoms with Gasteiger partial charge < -0.3 is 9.88 Å². The van der Waals surface area contributed by atoms with Gasteiger partial charge in [-0.2, -0.15) is 0 Å². The van der Waals surface area contributed by atoms with Gasteiger partial charge in [0, 0.05) is 24.8 Å². The number of nitrogens with zero attached hydrogens (tertiary/aromatic N) is 1. The number of hydrogen-bond acceptors (Lipinski definition) is 2. The Balaban J connectivity index is 1.81. The van der Waals surface area contributed by atoms with E-state index in [9.17, 15) is 4.79 Å². The molecule has 3 rings (SSSR count). The highest BCUT2D eigenvalue weighted by Gasteiger charge is 2.01. The van der Waals surface area contributed by atoms with Crippen LogP contribution in [0.2, 0.25) is 0 Å². The van der Waals surface area contributed by atoms with Crippen molar-refractivity contribution in [2.45, 2.75) is 6.54 Å². The molecule has 0 saturated heterocycles. The normalized spacial score (nSPS) is 10.6. The number of nitrogens with one attached hydrogen (secondary N) is 1. The van der Waals surface area contributed by atoms with Crippen molar-refractivity contribution in [3.8, 4) is 0 Å². The molecule has 1 N–H and O–H groups in total. The van der Waals surface area contributed by atoms with Crippen LogP contribution in [-0.4, -0.2) is 11.1 Å². The van der Waals surface area contributed by atoms with Gasteiger partial charge in [0.25, 0.3) is 5.56 Å². The third-order valence-electron chi connectivity index (χ3n) is 3.34. The molecule has 0 saturated carbocycles. The second-order valence-electron chi connectivity index (χ2n) is 4.67. The fourth-order valence-corrected chi connectivity index (χ4v) is 2.34. The minimum Gasteiger partial charge on any atom is -0.383 e. The first kappa shape index (κ1) is 12.5. The SMILES string of the molecule is O=c1ccc2ccccc2n1CCNc1ccccc1. The minimum atomic E-state index is 0.0403. The highest BCUT2D eigenvalue weighted by Crippen LogP contribution is 2.11. The van der Waals surface area contributed by atoms with Gasteiger partial charge in [-0.15, -0.1) is 0 Å². The number of rotatable bonds is 4. The summed E-state index contributed by atoms with van der Waals surface area (Å²) in [6, 6.07) is 21.5. The van der Waals surface area contributed by atoms with Crippen LogP contribution in [0.5, 0.6) is 0 Å². The molecule has 0 radical (unpaired) electrons. The van der Waals surface area contributed by atoms with Crippen LogP contribution in [0.4, 0.5) is 5.69 Å². The van der Waals surface area contributed by atoms with Crippen molar-refractivity contribution in [2.24, 2.45) is 0 Å². The first-order valence-electron chi connectivity index (χ1n) is 6.72. The Hall–Kier alpha value is -2.55. The molecule has 20 heavy (non-hydrogen) atoms. The fraction of sp³-hybridized carbons (Fsp3) is 0.118. The van der Waals surface area contributed by atoms with Crippen molar-refractivity contribution in [3.63, 3.8) is 0 Å². The zero-order chi connectivity index (χ0) is 13.8. The molecule has 0 aliphatic rings. The first-order chi connectivity index (χ1) is 9.84. The Bertz CT molecular complexity index is 763. The molecular weight excluding hydrogens is 248 g/mol. The maximum absolute atomic E-state index is 12.0. The first-order valence-corrected chi connectivity index (χ1v) is 6.72. The van der Waals surface area contributed by atoms with Crippen molar-refractivity contribution in [1.29, 1.82) is 0 Å². The Morgan fingerprint density at radius 1 is 0.850 bits per heavy atom. The molecule has 3 heteroatoms. The summed E-state index contributed by atoms with van der Waals surface area (Å²) in [5.74, 6) is 0. The predicted octanol–water partition coefficient (Wildman–Crippen LogP) is 3.11. The maximum atomic E-state index is 12.0. The van der Waals surface area contributed by atoms with Gasteiger partial charge in [0.05, 0.1) is 5.52 Å². The van der Waals surface area contributed by atoms with Crippen LogP contribution in [0.1, 0.15) is 0 Å². The van der Waals surface area contributed by atoms with Crippen LogP contribution in [-0.2, 0) is 6.54 Å². The third-order valence-corrected chi connectivity index (χ3v) is 3.34. The highest BCUT2D eigenvalue weighted by atomic mass is 16.1. The largest absolute Gasteiger partial charge is 0.383 e. The molecule has 3 nitrogen and oxygen atoms in total. The highest BCUT2D eigenvalue weighted by molar-refractivity contribution is 5.78. The molecule has 1 heterocycles. The molecule has 0 aliphatic carbocycles. The molecule has 100 valence electrons. The van der Waals surface area contributed by atoms with Crippen LogP contribution in [0, 0.1) is 0 Å². The third kappa shape index (κ3) is 2.57. The molecule has 0 atom stereocenters. The standard InChI is InChI=1S/C17H16N2O/c20-17-11-10-14-6-4-5-9-16(14)19(17)13-12-18-15-7-2-1-3-8-15/h1-11,18H,12-13H2. The van der Waals surface area contributed by atoms with Gasteiger partial charge in [-0.25, -0.2) is 0 Å². The molecule has 0 amide bonds. The number of hydrogen-bond donors (Lipinski definition) is 1. The average molecular weight is 264 g/mol. The van der Waals surface area contributed by atoms with Crippen molar-refractivity contribution < 1.29 is 0 Å². The summed E-state index contributed by atoms with van der Waals surface area (Å²) >= 11 is 0. The zero-order valence-electron chi connectivity index (χ0n) is 11.1. The number of para-hydroxylation sites is 2. The van der Waals surface area contributed by atoms with E-state index < -0.39 is 0 Å². The van der Waals surface area contributed by atoms with E-state index in [1.54, 1.807) is 6.07 Å². The molecule has 3 aromatic rings. The fourth-order valence-electron chi connectivity index (χ4n) is 2.34. The summed E-state index contributed by atoms with van der Waals surface area (Å²) in [5.41, 5.74) is 2.09. The van der Waals surface area contributed by atoms with E-state index >= 15 is 0 Å². The Labute approximate surface area is 117 Å².